The maximum absolute atomic E-state index is 13.8. The zero-order valence-electron chi connectivity index (χ0n) is 22.8. The fourth-order valence-electron chi connectivity index (χ4n) is 4.31. The van der Waals surface area contributed by atoms with Crippen molar-refractivity contribution in [3.63, 3.8) is 0 Å². The van der Waals surface area contributed by atoms with E-state index < -0.39 is 33.7 Å². The predicted molar refractivity (Wildman–Crippen MR) is 159 cm³/mol. The Morgan fingerprint density at radius 2 is 1.60 bits per heavy atom. The van der Waals surface area contributed by atoms with Crippen molar-refractivity contribution in [1.29, 1.82) is 0 Å². The number of sulfonamides is 1. The fraction of sp³-hybridized carbons (Fsp3) is 0.161. The average Bonchev–Trinajstić information content (AvgIpc) is 3.43. The quantitative estimate of drug-likeness (QED) is 0.240. The molecule has 0 saturated heterocycles. The van der Waals surface area contributed by atoms with Gasteiger partial charge in [0.1, 0.15) is 5.92 Å². The van der Waals surface area contributed by atoms with Crippen molar-refractivity contribution in [1.82, 2.24) is 14.5 Å². The first kappa shape index (κ1) is 29.9. The molecule has 2 amide bonds. The van der Waals surface area contributed by atoms with E-state index in [1.807, 2.05) is 35.1 Å². The number of anilines is 1. The van der Waals surface area contributed by atoms with Gasteiger partial charge in [-0.2, -0.15) is 5.10 Å². The van der Waals surface area contributed by atoms with Gasteiger partial charge in [0.05, 0.1) is 23.7 Å². The highest BCUT2D eigenvalue weighted by Crippen LogP contribution is 2.21. The highest BCUT2D eigenvalue weighted by Gasteiger charge is 2.33. The molecule has 11 heteroatoms. The second-order valence-corrected chi connectivity index (χ2v) is 11.0. The molecular weight excluding hydrogens is 556 g/mol. The summed E-state index contributed by atoms with van der Waals surface area (Å²) >= 11 is 0. The van der Waals surface area contributed by atoms with Crippen LogP contribution in [-0.4, -0.2) is 47.6 Å². The topological polar surface area (TPSA) is 139 Å². The fourth-order valence-corrected chi connectivity index (χ4v) is 5.14. The number of amides is 2. The van der Waals surface area contributed by atoms with Gasteiger partial charge in [0.15, 0.2) is 0 Å². The molecule has 0 aliphatic carbocycles. The third-order valence-corrected chi connectivity index (χ3v) is 7.40. The summed E-state index contributed by atoms with van der Waals surface area (Å²) in [5, 5.41) is 14.4. The molecule has 4 aromatic rings. The van der Waals surface area contributed by atoms with Crippen LogP contribution in [0.25, 0.3) is 6.08 Å². The van der Waals surface area contributed by atoms with Gasteiger partial charge in [-0.05, 0) is 60.4 Å². The number of carboxylic acids is 1. The molecule has 0 bridgehead atoms. The van der Waals surface area contributed by atoms with Crippen LogP contribution in [0, 0.1) is 5.92 Å². The van der Waals surface area contributed by atoms with Crippen LogP contribution in [-0.2, 0) is 32.6 Å². The second kappa shape index (κ2) is 13.6. The van der Waals surface area contributed by atoms with Crippen molar-refractivity contribution in [2.45, 2.75) is 19.9 Å². The Labute approximate surface area is 244 Å². The SMILES string of the molecule is CCN(C(=O)C(Cc1cnn(Cc2ccccc2)c1)C(=O)NS(=O)(=O)/C=C/c1ccccc1)c1ccc(C(=O)O)cc1. The largest absolute Gasteiger partial charge is 0.478 e. The standard InChI is InChI=1S/C31H30N4O6S/c1-2-35(27-15-13-26(14-16-27)31(38)39)30(37)28(19-25-20-32-34(22-25)21-24-11-7-4-8-12-24)29(36)33-42(40,41)18-17-23-9-5-3-6-10-23/h3-18,20,22,28H,2,19,21H2,1H3,(H,33,36)(H,38,39)/b18-17+. The lowest BCUT2D eigenvalue weighted by Crippen LogP contribution is -2.46. The number of hydrogen-bond donors (Lipinski definition) is 2. The Bertz CT molecular complexity index is 1670. The monoisotopic (exact) mass is 586 g/mol. The van der Waals surface area contributed by atoms with Gasteiger partial charge in [0.25, 0.3) is 10.0 Å². The van der Waals surface area contributed by atoms with E-state index >= 15 is 0 Å². The number of aromatic carboxylic acids is 1. The summed E-state index contributed by atoms with van der Waals surface area (Å²) in [6.07, 6.45) is 4.49. The minimum atomic E-state index is -4.23. The van der Waals surface area contributed by atoms with E-state index in [2.05, 4.69) is 5.10 Å². The van der Waals surface area contributed by atoms with Crippen LogP contribution in [0.1, 0.15) is 34.0 Å². The zero-order chi connectivity index (χ0) is 30.1. The zero-order valence-corrected chi connectivity index (χ0v) is 23.6. The number of carbonyl (C=O) groups is 3. The van der Waals surface area contributed by atoms with E-state index in [0.717, 1.165) is 11.0 Å². The summed E-state index contributed by atoms with van der Waals surface area (Å²) < 4.78 is 29.3. The minimum Gasteiger partial charge on any atom is -0.478 e. The molecule has 1 atom stereocenters. The van der Waals surface area contributed by atoms with Gasteiger partial charge >= 0.3 is 5.97 Å². The molecule has 0 radical (unpaired) electrons. The first-order valence-corrected chi connectivity index (χ1v) is 14.7. The predicted octanol–water partition coefficient (Wildman–Crippen LogP) is 3.96. The molecule has 10 nitrogen and oxygen atoms in total. The molecule has 216 valence electrons. The molecule has 1 aromatic heterocycles. The Kier molecular flexibility index (Phi) is 9.66. The number of benzene rings is 3. The van der Waals surface area contributed by atoms with Gasteiger partial charge < -0.3 is 10.0 Å². The molecule has 0 saturated carbocycles. The molecule has 0 spiro atoms. The molecule has 1 heterocycles. The summed E-state index contributed by atoms with van der Waals surface area (Å²) in [7, 11) is -4.23. The molecule has 0 fully saturated rings. The van der Waals surface area contributed by atoms with E-state index in [1.54, 1.807) is 48.1 Å². The van der Waals surface area contributed by atoms with Crippen LogP contribution in [0.5, 0.6) is 0 Å². The minimum absolute atomic E-state index is 0.0404. The van der Waals surface area contributed by atoms with Crippen LogP contribution in [0.3, 0.4) is 0 Å². The number of nitrogens with zero attached hydrogens (tertiary/aromatic N) is 3. The number of carbonyl (C=O) groups excluding carboxylic acids is 2. The molecule has 3 aromatic carbocycles. The van der Waals surface area contributed by atoms with Crippen molar-refractivity contribution >= 4 is 39.6 Å². The van der Waals surface area contributed by atoms with E-state index in [9.17, 15) is 27.9 Å². The lowest BCUT2D eigenvalue weighted by molar-refractivity contribution is -0.132. The van der Waals surface area contributed by atoms with Crippen molar-refractivity contribution in [3.05, 3.63) is 125 Å². The lowest BCUT2D eigenvalue weighted by Gasteiger charge is -2.26. The molecule has 0 aliphatic heterocycles. The van der Waals surface area contributed by atoms with Gasteiger partial charge in [-0.3, -0.25) is 14.3 Å². The third-order valence-electron chi connectivity index (χ3n) is 6.42. The van der Waals surface area contributed by atoms with E-state index in [4.69, 9.17) is 0 Å². The first-order valence-electron chi connectivity index (χ1n) is 13.1. The maximum Gasteiger partial charge on any atom is 0.335 e. The van der Waals surface area contributed by atoms with Crippen molar-refractivity contribution in [2.24, 2.45) is 5.92 Å². The molecule has 4 rings (SSSR count). The Morgan fingerprint density at radius 1 is 0.952 bits per heavy atom. The first-order chi connectivity index (χ1) is 20.1. The van der Waals surface area contributed by atoms with Gasteiger partial charge in [-0.15, -0.1) is 0 Å². The molecule has 2 N–H and O–H groups in total. The van der Waals surface area contributed by atoms with E-state index in [0.29, 0.717) is 23.4 Å². The second-order valence-electron chi connectivity index (χ2n) is 9.45. The molecular formula is C31H30N4O6S. The van der Waals surface area contributed by atoms with Gasteiger partial charge in [-0.25, -0.2) is 17.9 Å². The van der Waals surface area contributed by atoms with Crippen LogP contribution in [0.2, 0.25) is 0 Å². The van der Waals surface area contributed by atoms with Crippen molar-refractivity contribution < 1.29 is 27.9 Å². The van der Waals surface area contributed by atoms with Crippen LogP contribution >= 0.6 is 0 Å². The normalized spacial score (nSPS) is 12.1. The lowest BCUT2D eigenvalue weighted by atomic mass is 9.98. The molecule has 42 heavy (non-hydrogen) atoms. The van der Waals surface area contributed by atoms with Crippen LogP contribution < -0.4 is 9.62 Å². The smallest absolute Gasteiger partial charge is 0.335 e. The van der Waals surface area contributed by atoms with E-state index in [-0.39, 0.29) is 18.5 Å². The van der Waals surface area contributed by atoms with Crippen LogP contribution in [0.4, 0.5) is 5.69 Å². The number of carboxylic acid groups (broad SMARTS) is 1. The highest BCUT2D eigenvalue weighted by atomic mass is 32.2. The number of rotatable bonds is 12. The van der Waals surface area contributed by atoms with Crippen LogP contribution in [0.15, 0.2) is 103 Å². The third kappa shape index (κ3) is 8.01. The Balaban J connectivity index is 1.60. The number of hydrogen-bond acceptors (Lipinski definition) is 6. The summed E-state index contributed by atoms with van der Waals surface area (Å²) in [6.45, 7) is 2.33. The highest BCUT2D eigenvalue weighted by molar-refractivity contribution is 7.93. The molecule has 0 aliphatic rings. The summed E-state index contributed by atoms with van der Waals surface area (Å²) in [5.41, 5.74) is 2.61. The summed E-state index contributed by atoms with van der Waals surface area (Å²) in [5.74, 6) is -4.17. The van der Waals surface area contributed by atoms with Gasteiger partial charge in [-0.1, -0.05) is 60.7 Å². The van der Waals surface area contributed by atoms with Crippen molar-refractivity contribution in [2.75, 3.05) is 11.4 Å². The maximum atomic E-state index is 13.8. The van der Waals surface area contributed by atoms with Gasteiger partial charge in [0, 0.05) is 18.4 Å². The van der Waals surface area contributed by atoms with E-state index in [1.165, 1.54) is 41.4 Å². The Hall–Kier alpha value is -5.03. The summed E-state index contributed by atoms with van der Waals surface area (Å²) in [4.78, 5) is 39.8. The molecule has 1 unspecified atom stereocenters. The van der Waals surface area contributed by atoms with Gasteiger partial charge in [0.2, 0.25) is 11.8 Å². The Morgan fingerprint density at radius 3 is 2.21 bits per heavy atom. The number of nitrogens with one attached hydrogen (secondary N) is 1. The number of aromatic nitrogens is 2. The van der Waals surface area contributed by atoms with Crippen molar-refractivity contribution in [3.8, 4) is 0 Å². The summed E-state index contributed by atoms with van der Waals surface area (Å²) in [6, 6.07) is 24.0. The average molecular weight is 587 g/mol.